The second-order valence-electron chi connectivity index (χ2n) is 6.52. The first-order chi connectivity index (χ1) is 12.9. The molecule has 3 aliphatic heterocycles. The number of carbonyl (C=O) groups is 4. The molecule has 2 saturated heterocycles. The van der Waals surface area contributed by atoms with Gasteiger partial charge in [-0.1, -0.05) is 17.7 Å². The van der Waals surface area contributed by atoms with E-state index in [0.29, 0.717) is 11.1 Å². The predicted molar refractivity (Wildman–Crippen MR) is 89.6 cm³/mol. The van der Waals surface area contributed by atoms with Gasteiger partial charge in [-0.05, 0) is 29.7 Å². The number of piperidine rings is 1. The lowest BCUT2D eigenvalue weighted by Crippen LogP contribution is -2.57. The Hall–Kier alpha value is -2.74. The molecule has 140 valence electrons. The number of amides is 2. The Bertz CT molecular complexity index is 928. The van der Waals surface area contributed by atoms with Crippen molar-refractivity contribution in [2.24, 2.45) is 5.92 Å². The van der Waals surface area contributed by atoms with Gasteiger partial charge in [-0.25, -0.2) is 9.18 Å². The fourth-order valence-corrected chi connectivity index (χ4v) is 3.87. The summed E-state index contributed by atoms with van der Waals surface area (Å²) in [6.45, 7) is 0.498. The number of hydrogen-bond donors (Lipinski definition) is 0. The number of ketones is 1. The van der Waals surface area contributed by atoms with Gasteiger partial charge in [0.1, 0.15) is 24.0 Å². The van der Waals surface area contributed by atoms with Crippen LogP contribution in [0.15, 0.2) is 29.5 Å². The summed E-state index contributed by atoms with van der Waals surface area (Å²) < 4.78 is 18.3. The number of nitrogens with zero attached hydrogens (tertiary/aromatic N) is 2. The lowest BCUT2D eigenvalue weighted by molar-refractivity contribution is -0.159. The third-order valence-electron chi connectivity index (χ3n) is 4.95. The zero-order chi connectivity index (χ0) is 19.3. The third-order valence-corrected chi connectivity index (χ3v) is 5.24. The van der Waals surface area contributed by atoms with Gasteiger partial charge in [0.25, 0.3) is 5.91 Å². The van der Waals surface area contributed by atoms with Crippen molar-refractivity contribution < 1.29 is 28.3 Å². The van der Waals surface area contributed by atoms with Crippen molar-refractivity contribution >= 4 is 35.2 Å². The highest BCUT2D eigenvalue weighted by molar-refractivity contribution is 6.43. The monoisotopic (exact) mass is 392 g/mol. The zero-order valence-corrected chi connectivity index (χ0v) is 14.8. The minimum Gasteiger partial charge on any atom is -0.459 e. The van der Waals surface area contributed by atoms with Crippen LogP contribution in [-0.2, 0) is 30.5 Å². The fourth-order valence-electron chi connectivity index (χ4n) is 3.67. The number of carbonyl (C=O) groups excluding carboxylic acids is 4. The summed E-state index contributed by atoms with van der Waals surface area (Å²) in [4.78, 5) is 52.4. The predicted octanol–water partition coefficient (Wildman–Crippen LogP) is 1.05. The summed E-state index contributed by atoms with van der Waals surface area (Å²) in [6, 6.07) is 4.10. The second-order valence-corrected chi connectivity index (χ2v) is 6.93. The first kappa shape index (κ1) is 17.7. The molecule has 3 aliphatic rings. The Morgan fingerprint density at radius 2 is 1.96 bits per heavy atom. The molecule has 0 N–H and O–H groups in total. The molecule has 1 aromatic rings. The van der Waals surface area contributed by atoms with Gasteiger partial charge in [-0.15, -0.1) is 0 Å². The van der Waals surface area contributed by atoms with Crippen molar-refractivity contribution in [1.29, 1.82) is 0 Å². The average molecular weight is 393 g/mol. The van der Waals surface area contributed by atoms with E-state index in [-0.39, 0.29) is 43.4 Å². The Morgan fingerprint density at radius 3 is 2.70 bits per heavy atom. The molecular weight excluding hydrogens is 379 g/mol. The Morgan fingerprint density at radius 1 is 1.19 bits per heavy atom. The Kier molecular flexibility index (Phi) is 4.22. The number of fused-ring (bicyclic) bond motifs is 2. The molecule has 0 aliphatic carbocycles. The van der Waals surface area contributed by atoms with Crippen LogP contribution in [-0.4, -0.2) is 53.1 Å². The van der Waals surface area contributed by atoms with Crippen LogP contribution in [0.4, 0.5) is 4.39 Å². The van der Waals surface area contributed by atoms with Crippen molar-refractivity contribution in [2.75, 3.05) is 19.7 Å². The highest BCUT2D eigenvalue weighted by Gasteiger charge is 2.50. The van der Waals surface area contributed by atoms with Crippen LogP contribution in [0.25, 0.3) is 0 Å². The molecule has 0 saturated carbocycles. The van der Waals surface area contributed by atoms with E-state index in [1.807, 2.05) is 0 Å². The van der Waals surface area contributed by atoms with Gasteiger partial charge in [-0.2, -0.15) is 0 Å². The smallest absolute Gasteiger partial charge is 0.355 e. The molecule has 1 atom stereocenters. The number of hydrogen-bond acceptors (Lipinski definition) is 5. The van der Waals surface area contributed by atoms with Crippen LogP contribution in [0.3, 0.4) is 0 Å². The number of ether oxygens (including phenoxy) is 1. The van der Waals surface area contributed by atoms with Crippen molar-refractivity contribution in [3.63, 3.8) is 0 Å². The van der Waals surface area contributed by atoms with Gasteiger partial charge in [-0.3, -0.25) is 19.3 Å². The Balaban J connectivity index is 1.66. The lowest BCUT2D eigenvalue weighted by atomic mass is 9.81. The number of benzene rings is 1. The second kappa shape index (κ2) is 6.45. The topological polar surface area (TPSA) is 84.0 Å². The van der Waals surface area contributed by atoms with Gasteiger partial charge in [0.15, 0.2) is 0 Å². The first-order valence-electron chi connectivity index (χ1n) is 8.37. The molecular formula is C18H14ClFN2O5. The average Bonchev–Trinajstić information content (AvgIpc) is 2.64. The number of cyclic esters (lactones) is 1. The van der Waals surface area contributed by atoms with Gasteiger partial charge in [0.05, 0.1) is 11.6 Å². The van der Waals surface area contributed by atoms with Gasteiger partial charge in [0, 0.05) is 13.1 Å². The molecule has 0 spiro atoms. The van der Waals surface area contributed by atoms with Crippen LogP contribution in [0.2, 0.25) is 5.02 Å². The highest BCUT2D eigenvalue weighted by atomic mass is 35.5. The largest absolute Gasteiger partial charge is 0.459 e. The molecule has 0 aromatic heterocycles. The zero-order valence-electron chi connectivity index (χ0n) is 14.0. The number of morpholine rings is 1. The van der Waals surface area contributed by atoms with Crippen molar-refractivity contribution in [1.82, 2.24) is 9.80 Å². The maximum absolute atomic E-state index is 13.3. The van der Waals surface area contributed by atoms with Crippen LogP contribution in [0, 0.1) is 11.7 Å². The summed E-state index contributed by atoms with van der Waals surface area (Å²) in [7, 11) is 0. The number of esters is 1. The van der Waals surface area contributed by atoms with E-state index in [4.69, 9.17) is 16.3 Å². The fraction of sp³-hybridized carbons (Fsp3) is 0.333. The van der Waals surface area contributed by atoms with E-state index in [9.17, 15) is 23.6 Å². The Labute approximate surface area is 158 Å². The first-order valence-corrected chi connectivity index (χ1v) is 8.75. The molecule has 2 amide bonds. The van der Waals surface area contributed by atoms with E-state index >= 15 is 0 Å². The minimum atomic E-state index is -1.31. The van der Waals surface area contributed by atoms with Crippen LogP contribution in [0.5, 0.6) is 0 Å². The van der Waals surface area contributed by atoms with E-state index in [0.717, 1.165) is 4.90 Å². The van der Waals surface area contributed by atoms with Gasteiger partial charge in [0.2, 0.25) is 11.7 Å². The van der Waals surface area contributed by atoms with E-state index in [1.54, 1.807) is 0 Å². The summed E-state index contributed by atoms with van der Waals surface area (Å²) in [5.74, 6) is -4.82. The van der Waals surface area contributed by atoms with Crippen LogP contribution < -0.4 is 0 Å². The number of halogens is 2. The number of Topliss-reactive ketones (excluding diaryl/α,β-unsaturated/α-hetero) is 1. The van der Waals surface area contributed by atoms with E-state index in [1.165, 1.54) is 23.1 Å². The minimum absolute atomic E-state index is 0.0185. The molecule has 0 radical (unpaired) electrons. The standard InChI is InChI=1S/C18H14ClFN2O5/c19-11-7-9(1-2-12(11)20)8-21-4-3-10-13(16(21)24)15(23)17(25)22-5-6-27-18(26)14(10)22/h1-2,7,13H,3-6,8H2. The maximum Gasteiger partial charge on any atom is 0.355 e. The van der Waals surface area contributed by atoms with Gasteiger partial charge >= 0.3 is 5.97 Å². The van der Waals surface area contributed by atoms with Crippen LogP contribution >= 0.6 is 11.6 Å². The summed E-state index contributed by atoms with van der Waals surface area (Å²) >= 11 is 5.77. The van der Waals surface area contributed by atoms with Crippen LogP contribution in [0.1, 0.15) is 12.0 Å². The molecule has 1 aromatic carbocycles. The van der Waals surface area contributed by atoms with Crippen molar-refractivity contribution in [3.05, 3.63) is 45.9 Å². The quantitative estimate of drug-likeness (QED) is 0.427. The molecule has 1 unspecified atom stereocenters. The normalized spacial score (nSPS) is 22.7. The highest BCUT2D eigenvalue weighted by Crippen LogP contribution is 2.36. The molecule has 4 rings (SSSR count). The molecule has 7 nitrogen and oxygen atoms in total. The number of rotatable bonds is 2. The molecule has 27 heavy (non-hydrogen) atoms. The third kappa shape index (κ3) is 2.80. The lowest BCUT2D eigenvalue weighted by Gasteiger charge is -2.41. The molecule has 3 heterocycles. The van der Waals surface area contributed by atoms with Crippen molar-refractivity contribution in [3.8, 4) is 0 Å². The van der Waals surface area contributed by atoms with E-state index in [2.05, 4.69) is 0 Å². The van der Waals surface area contributed by atoms with Gasteiger partial charge < -0.3 is 9.64 Å². The van der Waals surface area contributed by atoms with E-state index < -0.39 is 35.3 Å². The summed E-state index contributed by atoms with van der Waals surface area (Å²) in [5.41, 5.74) is 0.954. The molecule has 0 bridgehead atoms. The molecule has 9 heteroatoms. The number of likely N-dealkylation sites (tertiary alicyclic amines) is 1. The molecule has 2 fully saturated rings. The van der Waals surface area contributed by atoms with Crippen molar-refractivity contribution in [2.45, 2.75) is 13.0 Å². The summed E-state index contributed by atoms with van der Waals surface area (Å²) in [6.07, 6.45) is 0.269. The summed E-state index contributed by atoms with van der Waals surface area (Å²) in [5, 5.41) is -0.0655. The SMILES string of the molecule is O=C1OCCN2C(=O)C(=O)C3C(=O)N(Cc4ccc(F)c(Cl)c4)CCC3=C12. The maximum atomic E-state index is 13.3.